The zero-order chi connectivity index (χ0) is 13.8. The minimum absolute atomic E-state index is 0.0156. The Morgan fingerprint density at radius 1 is 1.32 bits per heavy atom. The topological polar surface area (TPSA) is 95.9 Å². The number of nitrogen functional groups attached to an aromatic ring is 1. The number of piperazine rings is 1. The first-order chi connectivity index (χ1) is 9.13. The van der Waals surface area contributed by atoms with Crippen molar-refractivity contribution in [2.24, 2.45) is 0 Å². The number of aliphatic hydroxyl groups is 1. The van der Waals surface area contributed by atoms with E-state index in [-0.39, 0.29) is 18.0 Å². The third-order valence-electron chi connectivity index (χ3n) is 3.36. The van der Waals surface area contributed by atoms with E-state index in [1.807, 2.05) is 4.90 Å². The quantitative estimate of drug-likeness (QED) is 0.462. The zero-order valence-electron chi connectivity index (χ0n) is 10.7. The van der Waals surface area contributed by atoms with E-state index in [1.165, 1.54) is 0 Å². The van der Waals surface area contributed by atoms with Gasteiger partial charge in [-0.3, -0.25) is 15.0 Å². The lowest BCUT2D eigenvalue weighted by molar-refractivity contribution is -0.383. The van der Waals surface area contributed by atoms with Gasteiger partial charge in [0.15, 0.2) is 0 Å². The van der Waals surface area contributed by atoms with Crippen molar-refractivity contribution < 1.29 is 10.0 Å². The van der Waals surface area contributed by atoms with Gasteiger partial charge in [0.25, 0.3) is 0 Å². The molecule has 0 saturated carbocycles. The highest BCUT2D eigenvalue weighted by molar-refractivity contribution is 5.75. The molecule has 7 heteroatoms. The van der Waals surface area contributed by atoms with Gasteiger partial charge in [-0.1, -0.05) is 6.07 Å². The molecule has 7 nitrogen and oxygen atoms in total. The summed E-state index contributed by atoms with van der Waals surface area (Å²) in [6.45, 7) is 3.75. The van der Waals surface area contributed by atoms with Gasteiger partial charge in [-0.05, 0) is 12.1 Å². The Kier molecular flexibility index (Phi) is 4.18. The molecule has 0 unspecified atom stereocenters. The van der Waals surface area contributed by atoms with Crippen molar-refractivity contribution in [3.05, 3.63) is 28.3 Å². The monoisotopic (exact) mass is 266 g/mol. The summed E-state index contributed by atoms with van der Waals surface area (Å²) in [5.41, 5.74) is 6.45. The number of benzene rings is 1. The Balaban J connectivity index is 2.15. The fourth-order valence-corrected chi connectivity index (χ4v) is 2.36. The number of aliphatic hydroxyl groups excluding tert-OH is 1. The van der Waals surface area contributed by atoms with E-state index in [0.717, 1.165) is 13.1 Å². The van der Waals surface area contributed by atoms with Crippen molar-refractivity contribution in [1.82, 2.24) is 4.90 Å². The molecule has 1 heterocycles. The molecule has 1 aliphatic rings. The number of anilines is 2. The Morgan fingerprint density at radius 2 is 2.00 bits per heavy atom. The molecular formula is C12H18N4O3. The standard InChI is InChI=1S/C12H18N4O3/c13-10-2-1-3-11(12(10)16(18)19)15-6-4-14(5-7-15)8-9-17/h1-3,17H,4-9,13H2. The molecule has 0 aromatic heterocycles. The minimum atomic E-state index is -0.426. The average Bonchev–Trinajstić information content (AvgIpc) is 2.39. The van der Waals surface area contributed by atoms with Gasteiger partial charge in [0.1, 0.15) is 11.4 Å². The number of β-amino-alcohol motifs (C(OH)–C–C–N with tert-alkyl or cyclic N) is 1. The maximum Gasteiger partial charge on any atom is 0.315 e. The number of rotatable bonds is 4. The molecule has 0 bridgehead atoms. The van der Waals surface area contributed by atoms with Crippen LogP contribution in [-0.4, -0.2) is 54.3 Å². The molecule has 0 radical (unpaired) electrons. The van der Waals surface area contributed by atoms with Crippen molar-refractivity contribution in [3.63, 3.8) is 0 Å². The van der Waals surface area contributed by atoms with E-state index in [1.54, 1.807) is 18.2 Å². The van der Waals surface area contributed by atoms with Gasteiger partial charge in [0.05, 0.1) is 11.5 Å². The van der Waals surface area contributed by atoms with Crippen molar-refractivity contribution in [1.29, 1.82) is 0 Å². The minimum Gasteiger partial charge on any atom is -0.395 e. The first-order valence-electron chi connectivity index (χ1n) is 6.24. The van der Waals surface area contributed by atoms with Gasteiger partial charge in [0, 0.05) is 32.7 Å². The maximum atomic E-state index is 11.1. The molecule has 1 aromatic rings. The second kappa shape index (κ2) is 5.85. The van der Waals surface area contributed by atoms with Crippen LogP contribution < -0.4 is 10.6 Å². The molecule has 2 rings (SSSR count). The van der Waals surface area contributed by atoms with Gasteiger partial charge in [-0.15, -0.1) is 0 Å². The van der Waals surface area contributed by atoms with Crippen LogP contribution in [0.1, 0.15) is 0 Å². The SMILES string of the molecule is Nc1cccc(N2CCN(CCO)CC2)c1[N+](=O)[O-]. The first-order valence-corrected chi connectivity index (χ1v) is 6.24. The molecule has 1 saturated heterocycles. The number of hydrogen-bond acceptors (Lipinski definition) is 6. The van der Waals surface area contributed by atoms with Crippen LogP contribution in [0.2, 0.25) is 0 Å². The van der Waals surface area contributed by atoms with Gasteiger partial charge in [-0.25, -0.2) is 0 Å². The van der Waals surface area contributed by atoms with Crippen molar-refractivity contribution in [2.45, 2.75) is 0 Å². The van der Waals surface area contributed by atoms with Crippen LogP contribution in [-0.2, 0) is 0 Å². The summed E-state index contributed by atoms with van der Waals surface area (Å²) in [6, 6.07) is 5.01. The van der Waals surface area contributed by atoms with Gasteiger partial charge < -0.3 is 15.7 Å². The molecule has 1 aliphatic heterocycles. The Labute approximate surface area is 111 Å². The molecule has 19 heavy (non-hydrogen) atoms. The van der Waals surface area contributed by atoms with Gasteiger partial charge >= 0.3 is 5.69 Å². The third-order valence-corrected chi connectivity index (χ3v) is 3.36. The first kappa shape index (κ1) is 13.6. The van der Waals surface area contributed by atoms with E-state index in [9.17, 15) is 10.1 Å². The van der Waals surface area contributed by atoms with E-state index in [2.05, 4.69) is 4.90 Å². The maximum absolute atomic E-state index is 11.1. The average molecular weight is 266 g/mol. The number of nitrogens with zero attached hydrogens (tertiary/aromatic N) is 3. The molecule has 0 amide bonds. The zero-order valence-corrected chi connectivity index (χ0v) is 10.7. The predicted molar refractivity (Wildman–Crippen MR) is 73.2 cm³/mol. The van der Waals surface area contributed by atoms with Crippen LogP contribution in [0.25, 0.3) is 0 Å². The molecular weight excluding hydrogens is 248 g/mol. The molecule has 3 N–H and O–H groups in total. The molecule has 1 fully saturated rings. The van der Waals surface area contributed by atoms with E-state index in [0.29, 0.717) is 25.3 Å². The van der Waals surface area contributed by atoms with Crippen LogP contribution in [0, 0.1) is 10.1 Å². The fourth-order valence-electron chi connectivity index (χ4n) is 2.36. The number of hydrogen-bond donors (Lipinski definition) is 2. The van der Waals surface area contributed by atoms with E-state index >= 15 is 0 Å². The number of nitro groups is 1. The number of para-hydroxylation sites is 1. The lowest BCUT2D eigenvalue weighted by Crippen LogP contribution is -2.47. The summed E-state index contributed by atoms with van der Waals surface area (Å²) in [6.07, 6.45) is 0. The number of nitrogens with two attached hydrogens (primary N) is 1. The summed E-state index contributed by atoms with van der Waals surface area (Å²) in [4.78, 5) is 14.8. The lowest BCUT2D eigenvalue weighted by Gasteiger charge is -2.35. The third kappa shape index (κ3) is 2.94. The molecule has 0 aliphatic carbocycles. The van der Waals surface area contributed by atoms with Crippen LogP contribution in [0.15, 0.2) is 18.2 Å². The molecule has 0 spiro atoms. The van der Waals surface area contributed by atoms with Gasteiger partial charge in [-0.2, -0.15) is 0 Å². The fraction of sp³-hybridized carbons (Fsp3) is 0.500. The predicted octanol–water partition coefficient (Wildman–Crippen LogP) is 0.291. The lowest BCUT2D eigenvalue weighted by atomic mass is 10.2. The van der Waals surface area contributed by atoms with Crippen molar-refractivity contribution in [3.8, 4) is 0 Å². The molecule has 104 valence electrons. The van der Waals surface area contributed by atoms with Crippen LogP contribution in [0.3, 0.4) is 0 Å². The summed E-state index contributed by atoms with van der Waals surface area (Å²) in [5.74, 6) is 0. The number of nitro benzene ring substituents is 1. The second-order valence-electron chi connectivity index (χ2n) is 4.52. The van der Waals surface area contributed by atoms with Crippen LogP contribution in [0.5, 0.6) is 0 Å². The van der Waals surface area contributed by atoms with E-state index in [4.69, 9.17) is 10.8 Å². The van der Waals surface area contributed by atoms with E-state index < -0.39 is 4.92 Å². The highest BCUT2D eigenvalue weighted by Gasteiger charge is 2.25. The Morgan fingerprint density at radius 3 is 2.58 bits per heavy atom. The molecule has 1 aromatic carbocycles. The Bertz CT molecular complexity index is 458. The van der Waals surface area contributed by atoms with Crippen LogP contribution in [0.4, 0.5) is 17.1 Å². The van der Waals surface area contributed by atoms with Crippen molar-refractivity contribution >= 4 is 17.1 Å². The Hall–Kier alpha value is -1.86. The summed E-state index contributed by atoms with van der Waals surface area (Å²) < 4.78 is 0. The van der Waals surface area contributed by atoms with Crippen LogP contribution >= 0.6 is 0 Å². The van der Waals surface area contributed by atoms with Gasteiger partial charge in [0.2, 0.25) is 0 Å². The summed E-state index contributed by atoms with van der Waals surface area (Å²) in [7, 11) is 0. The van der Waals surface area contributed by atoms with Crippen molar-refractivity contribution in [2.75, 3.05) is 50.0 Å². The second-order valence-corrected chi connectivity index (χ2v) is 4.52. The normalized spacial score (nSPS) is 16.6. The summed E-state index contributed by atoms with van der Waals surface area (Å²) >= 11 is 0. The summed E-state index contributed by atoms with van der Waals surface area (Å²) in [5, 5.41) is 20.0. The molecule has 0 atom stereocenters. The highest BCUT2D eigenvalue weighted by atomic mass is 16.6. The largest absolute Gasteiger partial charge is 0.395 e. The smallest absolute Gasteiger partial charge is 0.315 e. The highest BCUT2D eigenvalue weighted by Crippen LogP contribution is 2.33.